The van der Waals surface area contributed by atoms with E-state index in [-0.39, 0.29) is 11.8 Å². The molecule has 2 atom stereocenters. The minimum atomic E-state index is 0.0371. The molecule has 0 bridgehead atoms. The molecule has 2 unspecified atom stereocenters. The minimum absolute atomic E-state index is 0.0371. The van der Waals surface area contributed by atoms with Crippen LogP contribution in [0.2, 0.25) is 0 Å². The maximum atomic E-state index is 16.4. The summed E-state index contributed by atoms with van der Waals surface area (Å²) < 4.78 is 2.48. The summed E-state index contributed by atoms with van der Waals surface area (Å²) in [4.78, 5) is 39.8. The van der Waals surface area contributed by atoms with E-state index in [1.54, 1.807) is 0 Å². The van der Waals surface area contributed by atoms with Crippen LogP contribution >= 0.6 is 54.5 Å². The third-order valence-corrected chi connectivity index (χ3v) is 27.7. The van der Waals surface area contributed by atoms with Crippen molar-refractivity contribution in [1.29, 1.82) is 0 Å². The molecule has 0 saturated carbocycles. The van der Waals surface area contributed by atoms with Crippen molar-refractivity contribution < 1.29 is 9.59 Å². The Hall–Kier alpha value is -2.52. The van der Waals surface area contributed by atoms with Crippen molar-refractivity contribution >= 4 is 88.9 Å². The van der Waals surface area contributed by atoms with Crippen molar-refractivity contribution in [1.82, 2.24) is 0 Å². The van der Waals surface area contributed by atoms with Crippen LogP contribution in [-0.2, 0) is 22.4 Å². The van der Waals surface area contributed by atoms with Crippen LogP contribution in [0, 0.1) is 11.8 Å². The Bertz CT molecular complexity index is 2710. The average molecular weight is 1590 g/mol. The lowest BCUT2D eigenvalue weighted by atomic mass is 9.93. The van der Waals surface area contributed by atoms with Crippen LogP contribution in [0.3, 0.4) is 0 Å². The van der Waals surface area contributed by atoms with Crippen molar-refractivity contribution in [2.24, 2.45) is 11.8 Å². The summed E-state index contributed by atoms with van der Waals surface area (Å²) in [6.07, 6.45) is 81.1. The number of carbonyl (C=O) groups is 2. The second-order valence-corrected chi connectivity index (χ2v) is 37.7. The van der Waals surface area contributed by atoms with Gasteiger partial charge in [-0.1, -0.05) is 413 Å². The zero-order chi connectivity index (χ0) is 73.9. The molecule has 0 N–H and O–H groups in total. The van der Waals surface area contributed by atoms with Gasteiger partial charge in [0, 0.05) is 34.0 Å². The number of benzene rings is 2. The summed E-state index contributed by atoms with van der Waals surface area (Å²) in [6, 6.07) is 18.7. The van der Waals surface area contributed by atoms with E-state index in [1.165, 1.54) is 399 Å². The number of aryl methyl sites for hydroxylation is 2. The number of nitrogens with zero attached hydrogens (tertiary/aromatic N) is 2. The Balaban J connectivity index is 1.37. The Kier molecular flexibility index (Phi) is 50.0. The topological polar surface area (TPSA) is 40.6 Å². The van der Waals surface area contributed by atoms with Crippen LogP contribution in [-0.4, -0.2) is 24.9 Å². The van der Waals surface area contributed by atoms with Crippen molar-refractivity contribution in [3.63, 3.8) is 0 Å². The molecule has 4 aromatic rings. The van der Waals surface area contributed by atoms with E-state index in [1.807, 2.05) is 22.7 Å². The summed E-state index contributed by atoms with van der Waals surface area (Å²) in [6.45, 7) is 15.3. The Morgan fingerprint density at radius 1 is 0.288 bits per heavy atom. The minimum Gasteiger partial charge on any atom is -0.307 e. The fraction of sp³-hybridized carbons (Fsp3) is 0.750. The summed E-state index contributed by atoms with van der Waals surface area (Å²) in [5.74, 6) is 0.863. The van der Waals surface area contributed by atoms with Gasteiger partial charge in [-0.05, 0) is 142 Å². The monoisotopic (exact) mass is 1590 g/mol. The van der Waals surface area contributed by atoms with Gasteiger partial charge in [0.15, 0.2) is 0 Å². The van der Waals surface area contributed by atoms with Crippen LogP contribution in [0.15, 0.2) is 56.1 Å². The largest absolute Gasteiger partial charge is 0.307 e. The van der Waals surface area contributed by atoms with Gasteiger partial charge >= 0.3 is 0 Å². The van der Waals surface area contributed by atoms with Gasteiger partial charge in [0.2, 0.25) is 0 Å². The maximum Gasteiger partial charge on any atom is 0.259 e. The molecule has 2 aliphatic heterocycles. The molecule has 0 radical (unpaired) electrons. The molecule has 2 aliphatic rings. The molecule has 4 heterocycles. The van der Waals surface area contributed by atoms with Crippen LogP contribution in [0.25, 0.3) is 32.0 Å². The standard InChI is InChI=1S/C96H156Br2N2O2S2/c1-7-13-19-25-31-37-41-47-53-59-65-79(63-57-51-45-35-29-23-17-11-5)77-99-87-73-81(89-75-83(93(97)103-89)67-61-55-49-43-39-33-27-21-15-9-3)69-71-85(87)91(95(99)101)92-86-72-70-82(90-76-84(94(98)104-90)68-62-56-50-44-40-34-28-22-16-10-4)74-88(86)100(96(92)102)78-80(64-58-52-46-36-30-24-18-12-6)66-60-54-48-42-38-32-26-20-14-8-2/h69-76,79-80H,7-68,77-78H2,1-6H3/b92-91+. The smallest absolute Gasteiger partial charge is 0.259 e. The molecule has 2 amide bonds. The Morgan fingerprint density at radius 3 is 0.750 bits per heavy atom. The van der Waals surface area contributed by atoms with Crippen molar-refractivity contribution in [3.8, 4) is 20.9 Å². The first-order valence-electron chi connectivity index (χ1n) is 45.4. The van der Waals surface area contributed by atoms with Crippen molar-refractivity contribution in [3.05, 3.63) is 78.4 Å². The quantitative estimate of drug-likeness (QED) is 0.0326. The first kappa shape index (κ1) is 90.4. The van der Waals surface area contributed by atoms with Crippen LogP contribution in [0.5, 0.6) is 0 Å². The number of amides is 2. The zero-order valence-electron chi connectivity index (χ0n) is 68.3. The zero-order valence-corrected chi connectivity index (χ0v) is 73.1. The summed E-state index contributed by atoms with van der Waals surface area (Å²) in [7, 11) is 0. The number of hydrogen-bond acceptors (Lipinski definition) is 4. The molecule has 0 saturated heterocycles. The van der Waals surface area contributed by atoms with E-state index < -0.39 is 0 Å². The number of anilines is 2. The predicted molar refractivity (Wildman–Crippen MR) is 472 cm³/mol. The molecule has 0 aliphatic carbocycles. The number of unbranched alkanes of at least 4 members (excludes halogenated alkanes) is 50. The van der Waals surface area contributed by atoms with Gasteiger partial charge in [-0.25, -0.2) is 0 Å². The summed E-state index contributed by atoms with van der Waals surface area (Å²) in [5, 5.41) is 0. The number of carbonyl (C=O) groups excluding carboxylic acids is 2. The van der Waals surface area contributed by atoms with Gasteiger partial charge in [0.1, 0.15) is 0 Å². The van der Waals surface area contributed by atoms with E-state index in [2.05, 4.69) is 132 Å². The van der Waals surface area contributed by atoms with Crippen molar-refractivity contribution in [2.45, 2.75) is 440 Å². The normalized spacial score (nSPS) is 14.3. The lowest BCUT2D eigenvalue weighted by Gasteiger charge is -2.25. The van der Waals surface area contributed by atoms with Gasteiger partial charge < -0.3 is 9.80 Å². The second kappa shape index (κ2) is 57.5. The SMILES string of the molecule is CCCCCCCCCCCCc1cc(-c2ccc3c(c2)N(CC(CCCCCCCCCC)CCCCCCCCCCCC)C(=O)/C3=C2/C(=O)N(CC(CCCCCCCCCC)CCCCCCCCCCCC)c3cc(-c4cc(CCCCCCCCCCCC)c(Br)s4)ccc32)sc1Br. The van der Waals surface area contributed by atoms with Crippen LogP contribution < -0.4 is 9.80 Å². The molecular weight excluding hydrogens is 1440 g/mol. The highest BCUT2D eigenvalue weighted by molar-refractivity contribution is 9.11. The molecule has 4 nitrogen and oxygen atoms in total. The molecule has 0 fully saturated rings. The number of thiophene rings is 2. The van der Waals surface area contributed by atoms with Gasteiger partial charge in [-0.15, -0.1) is 22.7 Å². The van der Waals surface area contributed by atoms with E-state index in [0.29, 0.717) is 36.1 Å². The molecule has 104 heavy (non-hydrogen) atoms. The molecule has 6 rings (SSSR count). The molecule has 2 aromatic heterocycles. The third kappa shape index (κ3) is 34.4. The number of hydrogen-bond donors (Lipinski definition) is 0. The fourth-order valence-corrected chi connectivity index (χ4v) is 20.5. The third-order valence-electron chi connectivity index (χ3n) is 23.7. The molecule has 2 aromatic carbocycles. The lowest BCUT2D eigenvalue weighted by molar-refractivity contribution is -0.114. The highest BCUT2D eigenvalue weighted by Gasteiger charge is 2.43. The lowest BCUT2D eigenvalue weighted by Crippen LogP contribution is -2.34. The average Bonchev–Trinajstić information content (AvgIpc) is 1.57. The van der Waals surface area contributed by atoms with Crippen molar-refractivity contribution in [2.75, 3.05) is 22.9 Å². The highest BCUT2D eigenvalue weighted by atomic mass is 79.9. The molecule has 588 valence electrons. The Labute approximate surface area is 666 Å². The van der Waals surface area contributed by atoms with E-state index in [4.69, 9.17) is 0 Å². The maximum absolute atomic E-state index is 16.4. The molecule has 8 heteroatoms. The summed E-state index contributed by atoms with van der Waals surface area (Å²) >= 11 is 11.9. The fourth-order valence-electron chi connectivity index (χ4n) is 17.0. The second-order valence-electron chi connectivity index (χ2n) is 32.9. The van der Waals surface area contributed by atoms with Gasteiger partial charge in [-0.2, -0.15) is 0 Å². The molecular formula is C96H156Br2N2O2S2. The number of fused-ring (bicyclic) bond motifs is 2. The summed E-state index contributed by atoms with van der Waals surface area (Å²) in [5.41, 5.74) is 10.4. The highest BCUT2D eigenvalue weighted by Crippen LogP contribution is 2.51. The van der Waals surface area contributed by atoms with Gasteiger partial charge in [0.25, 0.3) is 11.8 Å². The van der Waals surface area contributed by atoms with Crippen LogP contribution in [0.1, 0.15) is 449 Å². The van der Waals surface area contributed by atoms with E-state index in [0.717, 1.165) is 61.0 Å². The first-order valence-corrected chi connectivity index (χ1v) is 48.6. The Morgan fingerprint density at radius 2 is 0.510 bits per heavy atom. The van der Waals surface area contributed by atoms with E-state index in [9.17, 15) is 0 Å². The van der Waals surface area contributed by atoms with Crippen LogP contribution in [0.4, 0.5) is 11.4 Å². The van der Waals surface area contributed by atoms with Gasteiger partial charge in [-0.3, -0.25) is 9.59 Å². The number of rotatable bonds is 68. The molecule has 0 spiro atoms. The number of halogens is 2. The first-order chi connectivity index (χ1) is 51.2. The predicted octanol–water partition coefficient (Wildman–Crippen LogP) is 34.1. The van der Waals surface area contributed by atoms with Gasteiger partial charge in [0.05, 0.1) is 30.1 Å². The van der Waals surface area contributed by atoms with E-state index >= 15 is 9.59 Å².